The Bertz CT molecular complexity index is 2130. The number of hydrogen-bond donors (Lipinski definition) is 0. The van der Waals surface area contributed by atoms with Gasteiger partial charge in [-0.2, -0.15) is 0 Å². The van der Waals surface area contributed by atoms with E-state index in [1.165, 1.54) is 22.3 Å². The van der Waals surface area contributed by atoms with Crippen LogP contribution in [0.15, 0.2) is 182 Å². The van der Waals surface area contributed by atoms with Crippen LogP contribution in [0.2, 0.25) is 0 Å². The molecule has 7 aromatic carbocycles. The largest absolute Gasteiger partial charge is 0.311 e. The quantitative estimate of drug-likeness (QED) is 0.103. The number of benzene rings is 7. The van der Waals surface area contributed by atoms with Gasteiger partial charge in [-0.25, -0.2) is 0 Å². The van der Waals surface area contributed by atoms with E-state index >= 15 is 0 Å². The lowest BCUT2D eigenvalue weighted by molar-refractivity contribution is 0.733. The van der Waals surface area contributed by atoms with Crippen LogP contribution in [0.5, 0.6) is 0 Å². The standard InChI is InChI=1S/C54H52N2/c1-5-41(3)47-29-37-53(38-30-47)55(49-13-9-7-10-14-49)51-33-25-45(26-34-51)23-21-43-17-19-44(20-18-43)22-24-46-27-35-52(36-28-46)56(50-15-11-8-12-16-50)54-39-31-48(32-40-54)42(4)6-2/h7-42H,5-6H2,1-4H3. The molecular weight excluding hydrogens is 677 g/mol. The second kappa shape index (κ2) is 18.3. The van der Waals surface area contributed by atoms with Gasteiger partial charge in [0.15, 0.2) is 0 Å². The molecule has 0 N–H and O–H groups in total. The molecular formula is C54H52N2. The van der Waals surface area contributed by atoms with Crippen LogP contribution >= 0.6 is 0 Å². The highest BCUT2D eigenvalue weighted by Gasteiger charge is 2.14. The van der Waals surface area contributed by atoms with Crippen LogP contribution in [-0.2, 0) is 0 Å². The van der Waals surface area contributed by atoms with Gasteiger partial charge in [0.1, 0.15) is 0 Å². The summed E-state index contributed by atoms with van der Waals surface area (Å²) in [5, 5.41) is 0. The number of anilines is 6. The van der Waals surface area contributed by atoms with E-state index in [2.05, 4.69) is 244 Å². The number of rotatable bonds is 14. The molecule has 0 aliphatic heterocycles. The molecule has 2 atom stereocenters. The van der Waals surface area contributed by atoms with Crippen molar-refractivity contribution in [3.05, 3.63) is 215 Å². The van der Waals surface area contributed by atoms with E-state index in [1.54, 1.807) is 0 Å². The van der Waals surface area contributed by atoms with Crippen molar-refractivity contribution >= 4 is 58.4 Å². The van der Waals surface area contributed by atoms with Crippen LogP contribution in [0.25, 0.3) is 24.3 Å². The zero-order chi connectivity index (χ0) is 38.7. The van der Waals surface area contributed by atoms with Crippen molar-refractivity contribution in [2.75, 3.05) is 9.80 Å². The molecule has 0 saturated carbocycles. The van der Waals surface area contributed by atoms with Crippen LogP contribution in [0.4, 0.5) is 34.1 Å². The van der Waals surface area contributed by atoms with Gasteiger partial charge in [0.2, 0.25) is 0 Å². The van der Waals surface area contributed by atoms with Gasteiger partial charge in [0.05, 0.1) is 0 Å². The molecule has 56 heavy (non-hydrogen) atoms. The molecule has 0 aromatic heterocycles. The summed E-state index contributed by atoms with van der Waals surface area (Å²) in [5.74, 6) is 1.11. The molecule has 2 heteroatoms. The maximum absolute atomic E-state index is 2.32. The molecule has 0 spiro atoms. The van der Waals surface area contributed by atoms with Crippen molar-refractivity contribution in [3.63, 3.8) is 0 Å². The summed E-state index contributed by atoms with van der Waals surface area (Å²) in [5.41, 5.74) is 14.3. The summed E-state index contributed by atoms with van der Waals surface area (Å²) in [7, 11) is 0. The fourth-order valence-electron chi connectivity index (χ4n) is 7.00. The van der Waals surface area contributed by atoms with Gasteiger partial charge < -0.3 is 9.80 Å². The second-order valence-electron chi connectivity index (χ2n) is 14.7. The molecule has 0 aliphatic rings. The van der Waals surface area contributed by atoms with Gasteiger partial charge >= 0.3 is 0 Å². The number of hydrogen-bond acceptors (Lipinski definition) is 2. The molecule has 0 aliphatic carbocycles. The van der Waals surface area contributed by atoms with Gasteiger partial charge in [-0.3, -0.25) is 0 Å². The number of nitrogens with zero attached hydrogens (tertiary/aromatic N) is 2. The molecule has 7 rings (SSSR count). The minimum Gasteiger partial charge on any atom is -0.311 e. The smallest absolute Gasteiger partial charge is 0.0462 e. The summed E-state index contributed by atoms with van der Waals surface area (Å²) in [6, 6.07) is 65.6. The lowest BCUT2D eigenvalue weighted by Gasteiger charge is -2.26. The van der Waals surface area contributed by atoms with Gasteiger partial charge in [0.25, 0.3) is 0 Å². The second-order valence-corrected chi connectivity index (χ2v) is 14.7. The molecule has 2 nitrogen and oxygen atoms in total. The average molecular weight is 729 g/mol. The minimum atomic E-state index is 0.554. The van der Waals surface area contributed by atoms with E-state index in [1.807, 2.05) is 0 Å². The first kappa shape index (κ1) is 37.9. The van der Waals surface area contributed by atoms with E-state index < -0.39 is 0 Å². The molecule has 0 radical (unpaired) electrons. The Balaban J connectivity index is 1.01. The maximum atomic E-state index is 2.32. The van der Waals surface area contributed by atoms with Crippen LogP contribution < -0.4 is 9.80 Å². The van der Waals surface area contributed by atoms with E-state index in [0.29, 0.717) is 11.8 Å². The summed E-state index contributed by atoms with van der Waals surface area (Å²) in [6.07, 6.45) is 11.0. The Labute approximate surface area is 334 Å². The van der Waals surface area contributed by atoms with Crippen molar-refractivity contribution in [2.24, 2.45) is 0 Å². The van der Waals surface area contributed by atoms with Crippen molar-refractivity contribution in [2.45, 2.75) is 52.4 Å². The van der Waals surface area contributed by atoms with Crippen molar-refractivity contribution in [3.8, 4) is 0 Å². The molecule has 0 heterocycles. The normalized spacial score (nSPS) is 12.5. The van der Waals surface area contributed by atoms with E-state index in [0.717, 1.165) is 58.1 Å². The zero-order valence-electron chi connectivity index (χ0n) is 33.1. The van der Waals surface area contributed by atoms with E-state index in [-0.39, 0.29) is 0 Å². The van der Waals surface area contributed by atoms with Crippen molar-refractivity contribution in [1.82, 2.24) is 0 Å². The highest BCUT2D eigenvalue weighted by Crippen LogP contribution is 2.37. The summed E-state index contributed by atoms with van der Waals surface area (Å²) in [4.78, 5) is 4.64. The molecule has 0 bridgehead atoms. The van der Waals surface area contributed by atoms with Crippen LogP contribution in [0.3, 0.4) is 0 Å². The van der Waals surface area contributed by atoms with Gasteiger partial charge in [-0.05, 0) is 131 Å². The molecule has 0 fully saturated rings. The summed E-state index contributed by atoms with van der Waals surface area (Å²) >= 11 is 0. The molecule has 7 aromatic rings. The van der Waals surface area contributed by atoms with E-state index in [9.17, 15) is 0 Å². The fourth-order valence-corrected chi connectivity index (χ4v) is 7.00. The van der Waals surface area contributed by atoms with Crippen LogP contribution in [-0.4, -0.2) is 0 Å². The predicted molar refractivity (Wildman–Crippen MR) is 244 cm³/mol. The first-order chi connectivity index (χ1) is 27.5. The van der Waals surface area contributed by atoms with Crippen molar-refractivity contribution < 1.29 is 0 Å². The third-order valence-corrected chi connectivity index (χ3v) is 10.9. The third-order valence-electron chi connectivity index (χ3n) is 10.9. The number of para-hydroxylation sites is 2. The molecule has 278 valence electrons. The van der Waals surface area contributed by atoms with Gasteiger partial charge in [-0.1, -0.05) is 161 Å². The highest BCUT2D eigenvalue weighted by molar-refractivity contribution is 5.80. The summed E-state index contributed by atoms with van der Waals surface area (Å²) < 4.78 is 0. The Kier molecular flexibility index (Phi) is 12.4. The fraction of sp³-hybridized carbons (Fsp3) is 0.148. The SMILES string of the molecule is CCC(C)c1ccc(N(c2ccccc2)c2ccc(C=Cc3ccc(C=Cc4ccc(N(c5ccccc5)c5ccc(C(C)CC)cc5)cc4)cc3)cc2)cc1. The topological polar surface area (TPSA) is 6.48 Å². The Morgan fingerprint density at radius 3 is 0.821 bits per heavy atom. The molecule has 0 amide bonds. The third kappa shape index (κ3) is 9.28. The van der Waals surface area contributed by atoms with Crippen molar-refractivity contribution in [1.29, 1.82) is 0 Å². The maximum Gasteiger partial charge on any atom is 0.0462 e. The minimum absolute atomic E-state index is 0.554. The first-order valence-corrected chi connectivity index (χ1v) is 20.1. The zero-order valence-corrected chi connectivity index (χ0v) is 33.1. The Morgan fingerprint density at radius 1 is 0.321 bits per heavy atom. The Morgan fingerprint density at radius 2 is 0.554 bits per heavy atom. The lowest BCUT2D eigenvalue weighted by atomic mass is 9.98. The van der Waals surface area contributed by atoms with Gasteiger partial charge in [-0.15, -0.1) is 0 Å². The molecule has 0 saturated heterocycles. The summed E-state index contributed by atoms with van der Waals surface area (Å²) in [6.45, 7) is 9.07. The first-order valence-electron chi connectivity index (χ1n) is 20.1. The van der Waals surface area contributed by atoms with Gasteiger partial charge in [0, 0.05) is 34.1 Å². The van der Waals surface area contributed by atoms with E-state index in [4.69, 9.17) is 0 Å². The highest BCUT2D eigenvalue weighted by atomic mass is 15.1. The Hall–Kier alpha value is -6.38. The van der Waals surface area contributed by atoms with Crippen LogP contribution in [0.1, 0.15) is 85.8 Å². The average Bonchev–Trinajstić information content (AvgIpc) is 3.27. The molecule has 2 unspecified atom stereocenters. The van der Waals surface area contributed by atoms with Crippen LogP contribution in [0, 0.1) is 0 Å². The predicted octanol–water partition coefficient (Wildman–Crippen LogP) is 16.0. The lowest BCUT2D eigenvalue weighted by Crippen LogP contribution is -2.10. The monoisotopic (exact) mass is 728 g/mol.